The van der Waals surface area contributed by atoms with Gasteiger partial charge in [-0.2, -0.15) is 0 Å². The Morgan fingerprint density at radius 3 is 2.32 bits per heavy atom. The minimum Gasteiger partial charge on any atom is -0.325 e. The number of hydrogen-bond donors (Lipinski definition) is 1. The number of anilines is 1. The smallest absolute Gasteiger partial charge is 0.242 e. The molecule has 0 bridgehead atoms. The van der Waals surface area contributed by atoms with E-state index in [-0.39, 0.29) is 16.6 Å². The van der Waals surface area contributed by atoms with Crippen LogP contribution in [0.25, 0.3) is 11.4 Å². The Bertz CT molecular complexity index is 1160. The van der Waals surface area contributed by atoms with E-state index in [9.17, 15) is 13.2 Å². The summed E-state index contributed by atoms with van der Waals surface area (Å²) >= 11 is 7.23. The number of amides is 1. The van der Waals surface area contributed by atoms with Crippen molar-refractivity contribution in [1.82, 2.24) is 19.1 Å². The van der Waals surface area contributed by atoms with Crippen LogP contribution in [0.1, 0.15) is 6.92 Å². The third-order valence-corrected chi connectivity index (χ3v) is 7.43. The molecule has 0 unspecified atom stereocenters. The average Bonchev–Trinajstić information content (AvgIpc) is 3.16. The van der Waals surface area contributed by atoms with E-state index in [4.69, 9.17) is 11.6 Å². The van der Waals surface area contributed by atoms with Crippen molar-refractivity contribution < 1.29 is 13.2 Å². The Kier molecular flexibility index (Phi) is 7.37. The van der Waals surface area contributed by atoms with E-state index in [0.717, 1.165) is 9.87 Å². The van der Waals surface area contributed by atoms with E-state index in [2.05, 4.69) is 15.5 Å². The molecule has 0 atom stereocenters. The first kappa shape index (κ1) is 23.3. The lowest BCUT2D eigenvalue weighted by molar-refractivity contribution is -0.113. The minimum absolute atomic E-state index is 0.135. The highest BCUT2D eigenvalue weighted by atomic mass is 35.5. The molecule has 1 N–H and O–H groups in total. The largest absolute Gasteiger partial charge is 0.325 e. The fourth-order valence-corrected chi connectivity index (χ4v) is 4.57. The van der Waals surface area contributed by atoms with Gasteiger partial charge in [0.2, 0.25) is 15.9 Å². The van der Waals surface area contributed by atoms with Crippen molar-refractivity contribution >= 4 is 45.0 Å². The number of sulfonamides is 1. The fourth-order valence-electron chi connectivity index (χ4n) is 2.74. The lowest BCUT2D eigenvalue weighted by atomic mass is 10.2. The molecule has 11 heteroatoms. The zero-order valence-electron chi connectivity index (χ0n) is 17.2. The molecule has 1 aromatic heterocycles. The van der Waals surface area contributed by atoms with E-state index >= 15 is 0 Å². The molecule has 3 aromatic rings. The van der Waals surface area contributed by atoms with Crippen LogP contribution in [0, 0.1) is 0 Å². The molecular formula is C20H22ClN5O3S2. The highest BCUT2D eigenvalue weighted by molar-refractivity contribution is 7.99. The maximum absolute atomic E-state index is 12.4. The molecule has 0 radical (unpaired) electrons. The van der Waals surface area contributed by atoms with Crippen LogP contribution < -0.4 is 5.32 Å². The molecule has 2 aromatic carbocycles. The fraction of sp³-hybridized carbons (Fsp3) is 0.250. The number of nitrogens with one attached hydrogen (secondary N) is 1. The van der Waals surface area contributed by atoms with Gasteiger partial charge in [0, 0.05) is 36.9 Å². The second kappa shape index (κ2) is 9.82. The van der Waals surface area contributed by atoms with Gasteiger partial charge in [0.1, 0.15) is 0 Å². The van der Waals surface area contributed by atoms with Crippen molar-refractivity contribution in [3.8, 4) is 11.4 Å². The SMILES string of the molecule is CCn1c(SCC(=O)Nc2ccc(S(=O)(=O)N(C)C)cc2)nnc1-c1ccc(Cl)cc1. The summed E-state index contributed by atoms with van der Waals surface area (Å²) in [7, 11) is -0.572. The summed E-state index contributed by atoms with van der Waals surface area (Å²) in [5.74, 6) is 0.614. The first-order valence-electron chi connectivity index (χ1n) is 9.36. The number of halogens is 1. The first-order chi connectivity index (χ1) is 14.7. The Hall–Kier alpha value is -2.40. The standard InChI is InChI=1S/C20H22ClN5O3S2/c1-4-26-19(14-5-7-15(21)8-6-14)23-24-20(26)30-13-18(27)22-16-9-11-17(12-10-16)31(28,29)25(2)3/h5-12H,4,13H2,1-3H3,(H,22,27). The summed E-state index contributed by atoms with van der Waals surface area (Å²) < 4.78 is 27.3. The second-order valence-corrected chi connectivity index (χ2v) is 10.2. The van der Waals surface area contributed by atoms with Gasteiger partial charge in [0.25, 0.3) is 0 Å². The van der Waals surface area contributed by atoms with Gasteiger partial charge in [-0.3, -0.25) is 4.79 Å². The highest BCUT2D eigenvalue weighted by Crippen LogP contribution is 2.25. The molecule has 1 heterocycles. The summed E-state index contributed by atoms with van der Waals surface area (Å²) in [6.45, 7) is 2.63. The number of nitrogens with zero attached hydrogens (tertiary/aromatic N) is 4. The topological polar surface area (TPSA) is 97.2 Å². The molecule has 0 saturated carbocycles. The van der Waals surface area contributed by atoms with Crippen LogP contribution in [0.2, 0.25) is 5.02 Å². The average molecular weight is 480 g/mol. The predicted octanol–water partition coefficient (Wildman–Crippen LogP) is 3.60. The van der Waals surface area contributed by atoms with Crippen LogP contribution in [0.4, 0.5) is 5.69 Å². The number of hydrogen-bond acceptors (Lipinski definition) is 6. The van der Waals surface area contributed by atoms with Crippen molar-refractivity contribution in [1.29, 1.82) is 0 Å². The van der Waals surface area contributed by atoms with Gasteiger partial charge in [-0.05, 0) is 55.5 Å². The van der Waals surface area contributed by atoms with Crippen molar-refractivity contribution in [3.63, 3.8) is 0 Å². The number of carbonyl (C=O) groups excluding carboxylic acids is 1. The van der Waals surface area contributed by atoms with Gasteiger partial charge in [-0.15, -0.1) is 10.2 Å². The van der Waals surface area contributed by atoms with E-state index in [1.807, 2.05) is 23.6 Å². The molecule has 0 spiro atoms. The Balaban J connectivity index is 1.64. The second-order valence-electron chi connectivity index (χ2n) is 6.71. The predicted molar refractivity (Wildman–Crippen MR) is 123 cm³/mol. The Labute approximate surface area is 190 Å². The van der Waals surface area contributed by atoms with E-state index in [0.29, 0.717) is 28.2 Å². The van der Waals surface area contributed by atoms with E-state index in [1.165, 1.54) is 38.0 Å². The van der Waals surface area contributed by atoms with Gasteiger partial charge in [-0.25, -0.2) is 12.7 Å². The zero-order valence-corrected chi connectivity index (χ0v) is 19.6. The third kappa shape index (κ3) is 5.45. The number of carbonyl (C=O) groups is 1. The summed E-state index contributed by atoms with van der Waals surface area (Å²) in [5, 5.41) is 12.5. The maximum atomic E-state index is 12.4. The molecule has 3 rings (SSSR count). The molecule has 31 heavy (non-hydrogen) atoms. The molecule has 0 saturated heterocycles. The minimum atomic E-state index is -3.51. The first-order valence-corrected chi connectivity index (χ1v) is 12.2. The summed E-state index contributed by atoms with van der Waals surface area (Å²) in [6, 6.07) is 13.4. The summed E-state index contributed by atoms with van der Waals surface area (Å²) in [4.78, 5) is 12.5. The van der Waals surface area contributed by atoms with Gasteiger partial charge < -0.3 is 9.88 Å². The summed E-state index contributed by atoms with van der Waals surface area (Å²) in [6.07, 6.45) is 0. The van der Waals surface area contributed by atoms with Crippen molar-refractivity contribution in [2.75, 3.05) is 25.2 Å². The number of thioether (sulfide) groups is 1. The third-order valence-electron chi connectivity index (χ3n) is 4.38. The number of rotatable bonds is 8. The molecular weight excluding hydrogens is 458 g/mol. The number of benzene rings is 2. The molecule has 0 aliphatic heterocycles. The Morgan fingerprint density at radius 1 is 1.10 bits per heavy atom. The van der Waals surface area contributed by atoms with Crippen LogP contribution >= 0.6 is 23.4 Å². The summed E-state index contributed by atoms with van der Waals surface area (Å²) in [5.41, 5.74) is 1.41. The van der Waals surface area contributed by atoms with Crippen LogP contribution in [-0.4, -0.2) is 53.2 Å². The van der Waals surface area contributed by atoms with Gasteiger partial charge >= 0.3 is 0 Å². The Morgan fingerprint density at radius 2 is 1.74 bits per heavy atom. The van der Waals surface area contributed by atoms with Gasteiger partial charge in [0.05, 0.1) is 10.6 Å². The quantitative estimate of drug-likeness (QED) is 0.496. The molecule has 0 fully saturated rings. The van der Waals surface area contributed by atoms with Crippen molar-refractivity contribution in [3.05, 3.63) is 53.6 Å². The molecule has 1 amide bonds. The lowest BCUT2D eigenvalue weighted by Crippen LogP contribution is -2.22. The van der Waals surface area contributed by atoms with Crippen LogP contribution in [0.15, 0.2) is 58.6 Å². The van der Waals surface area contributed by atoms with Gasteiger partial charge in [0.15, 0.2) is 11.0 Å². The normalized spacial score (nSPS) is 11.6. The molecule has 0 aliphatic carbocycles. The van der Waals surface area contributed by atoms with Crippen molar-refractivity contribution in [2.24, 2.45) is 0 Å². The molecule has 0 aliphatic rings. The van der Waals surface area contributed by atoms with Crippen LogP contribution in [0.5, 0.6) is 0 Å². The number of aromatic nitrogens is 3. The van der Waals surface area contributed by atoms with Gasteiger partial charge in [-0.1, -0.05) is 23.4 Å². The van der Waals surface area contributed by atoms with Crippen LogP contribution in [0.3, 0.4) is 0 Å². The maximum Gasteiger partial charge on any atom is 0.242 e. The lowest BCUT2D eigenvalue weighted by Gasteiger charge is -2.12. The molecule has 164 valence electrons. The van der Waals surface area contributed by atoms with Crippen molar-refractivity contribution in [2.45, 2.75) is 23.5 Å². The van der Waals surface area contributed by atoms with Crippen LogP contribution in [-0.2, 0) is 21.4 Å². The highest BCUT2D eigenvalue weighted by Gasteiger charge is 2.17. The molecule has 8 nitrogen and oxygen atoms in total. The monoisotopic (exact) mass is 479 g/mol. The van der Waals surface area contributed by atoms with E-state index in [1.54, 1.807) is 24.3 Å². The van der Waals surface area contributed by atoms with E-state index < -0.39 is 10.0 Å². The zero-order chi connectivity index (χ0) is 22.6.